The molecule has 0 aliphatic heterocycles. The van der Waals surface area contributed by atoms with Gasteiger partial charge in [0.25, 0.3) is 0 Å². The van der Waals surface area contributed by atoms with Gasteiger partial charge in [-0.2, -0.15) is 0 Å². The van der Waals surface area contributed by atoms with Crippen LogP contribution in [0.5, 0.6) is 5.75 Å². The van der Waals surface area contributed by atoms with Crippen LogP contribution in [0.1, 0.15) is 55.0 Å². The normalized spacial score (nSPS) is 13.2. The maximum atomic E-state index is 13.1. The summed E-state index contributed by atoms with van der Waals surface area (Å²) in [7, 11) is 4.11. The summed E-state index contributed by atoms with van der Waals surface area (Å²) in [6, 6.07) is 17.8. The number of Topliss-reactive ketones (excluding diaryl/α,β-unsaturated/α-hetero) is 1. The van der Waals surface area contributed by atoms with Crippen molar-refractivity contribution in [1.82, 2.24) is 19.7 Å². The molecule has 7 heteroatoms. The first-order valence-electron chi connectivity index (χ1n) is 11.0. The molecule has 1 heterocycles. The summed E-state index contributed by atoms with van der Waals surface area (Å²) in [5.74, 6) is 1.75. The zero-order valence-corrected chi connectivity index (χ0v) is 20.3. The largest absolute Gasteiger partial charge is 0.494 e. The third-order valence-corrected chi connectivity index (χ3v) is 6.42. The SMILES string of the molecule is CCOc1ccc(C(=O)[C@H](C)Sc2nnc([C@H](CC)N(C)C)n2Cc2ccccc2)cc1. The van der Waals surface area contributed by atoms with Gasteiger partial charge in [-0.15, -0.1) is 10.2 Å². The van der Waals surface area contributed by atoms with Crippen LogP contribution in [0.3, 0.4) is 0 Å². The van der Waals surface area contributed by atoms with Crippen molar-refractivity contribution in [3.8, 4) is 5.75 Å². The summed E-state index contributed by atoms with van der Waals surface area (Å²) in [6.45, 7) is 7.28. The van der Waals surface area contributed by atoms with E-state index in [2.05, 4.69) is 52.8 Å². The fourth-order valence-electron chi connectivity index (χ4n) is 3.66. The van der Waals surface area contributed by atoms with E-state index in [0.29, 0.717) is 18.7 Å². The van der Waals surface area contributed by atoms with Crippen molar-refractivity contribution >= 4 is 17.5 Å². The zero-order valence-electron chi connectivity index (χ0n) is 19.5. The lowest BCUT2D eigenvalue weighted by molar-refractivity contribution is 0.0994. The maximum absolute atomic E-state index is 13.1. The number of ether oxygens (including phenoxy) is 1. The zero-order chi connectivity index (χ0) is 23.1. The summed E-state index contributed by atoms with van der Waals surface area (Å²) >= 11 is 1.46. The van der Waals surface area contributed by atoms with Gasteiger partial charge >= 0.3 is 0 Å². The number of hydrogen-bond donors (Lipinski definition) is 0. The Labute approximate surface area is 195 Å². The number of hydrogen-bond acceptors (Lipinski definition) is 6. The Hall–Kier alpha value is -2.64. The average Bonchev–Trinajstić information content (AvgIpc) is 3.16. The first-order valence-corrected chi connectivity index (χ1v) is 11.9. The molecule has 1 aromatic heterocycles. The molecule has 0 N–H and O–H groups in total. The van der Waals surface area contributed by atoms with Gasteiger partial charge in [-0.25, -0.2) is 0 Å². The Morgan fingerprint density at radius 1 is 1.06 bits per heavy atom. The molecule has 0 bridgehead atoms. The number of thioether (sulfide) groups is 1. The topological polar surface area (TPSA) is 60.2 Å². The molecular weight excluding hydrogens is 420 g/mol. The van der Waals surface area contributed by atoms with Crippen molar-refractivity contribution in [1.29, 1.82) is 0 Å². The molecule has 2 atom stereocenters. The van der Waals surface area contributed by atoms with E-state index in [1.165, 1.54) is 17.3 Å². The molecule has 0 saturated heterocycles. The van der Waals surface area contributed by atoms with Crippen LogP contribution in [0, 0.1) is 0 Å². The number of carbonyl (C=O) groups excluding carboxylic acids is 1. The van der Waals surface area contributed by atoms with Crippen LogP contribution in [0.15, 0.2) is 59.8 Å². The third-order valence-electron chi connectivity index (χ3n) is 5.34. The van der Waals surface area contributed by atoms with Crippen LogP contribution in [-0.4, -0.2) is 51.4 Å². The predicted molar refractivity (Wildman–Crippen MR) is 130 cm³/mol. The number of ketones is 1. The molecule has 3 aromatic rings. The lowest BCUT2D eigenvalue weighted by Gasteiger charge is -2.23. The maximum Gasteiger partial charge on any atom is 0.192 e. The third kappa shape index (κ3) is 5.78. The minimum absolute atomic E-state index is 0.0634. The molecule has 0 radical (unpaired) electrons. The van der Waals surface area contributed by atoms with Gasteiger partial charge in [0, 0.05) is 5.56 Å². The molecular formula is C25H32N4O2S. The minimum atomic E-state index is -0.293. The summed E-state index contributed by atoms with van der Waals surface area (Å²) in [5, 5.41) is 9.51. The molecule has 0 unspecified atom stereocenters. The molecule has 0 spiro atoms. The van der Waals surface area contributed by atoms with Crippen LogP contribution in [-0.2, 0) is 6.54 Å². The standard InChI is InChI=1S/C25H32N4O2S/c1-6-22(28(4)5)24-26-27-25(29(24)17-19-11-9-8-10-12-19)32-18(3)23(30)20-13-15-21(16-14-20)31-7-2/h8-16,18,22H,6-7,17H2,1-5H3/t18-,22-/m0/s1. The van der Waals surface area contributed by atoms with Crippen molar-refractivity contribution in [2.75, 3.05) is 20.7 Å². The van der Waals surface area contributed by atoms with Crippen molar-refractivity contribution in [2.45, 2.75) is 50.2 Å². The summed E-state index contributed by atoms with van der Waals surface area (Å²) in [5.41, 5.74) is 1.84. The van der Waals surface area contributed by atoms with Crippen molar-refractivity contribution in [2.24, 2.45) is 0 Å². The Bertz CT molecular complexity index is 1000. The van der Waals surface area contributed by atoms with Gasteiger partial charge in [-0.1, -0.05) is 49.0 Å². The smallest absolute Gasteiger partial charge is 0.192 e. The number of benzene rings is 2. The summed E-state index contributed by atoms with van der Waals surface area (Å²) in [4.78, 5) is 15.2. The second-order valence-corrected chi connectivity index (χ2v) is 9.19. The quantitative estimate of drug-likeness (QED) is 0.298. The Kier molecular flexibility index (Phi) is 8.47. The van der Waals surface area contributed by atoms with Gasteiger partial charge in [0.05, 0.1) is 24.4 Å². The Morgan fingerprint density at radius 3 is 2.34 bits per heavy atom. The number of carbonyl (C=O) groups is 1. The fraction of sp³-hybridized carbons (Fsp3) is 0.400. The highest BCUT2D eigenvalue weighted by Crippen LogP contribution is 2.30. The molecule has 0 saturated carbocycles. The monoisotopic (exact) mass is 452 g/mol. The number of rotatable bonds is 11. The molecule has 32 heavy (non-hydrogen) atoms. The molecule has 2 aromatic carbocycles. The lowest BCUT2D eigenvalue weighted by Crippen LogP contribution is -2.23. The predicted octanol–water partition coefficient (Wildman–Crippen LogP) is 5.10. The van der Waals surface area contributed by atoms with E-state index >= 15 is 0 Å². The number of nitrogens with zero attached hydrogens (tertiary/aromatic N) is 4. The van der Waals surface area contributed by atoms with E-state index in [1.807, 2.05) is 56.3 Å². The van der Waals surface area contributed by atoms with Crippen LogP contribution < -0.4 is 4.74 Å². The van der Waals surface area contributed by atoms with E-state index in [1.54, 1.807) is 0 Å². The Balaban J connectivity index is 1.85. The molecule has 0 fully saturated rings. The first kappa shape index (κ1) is 24.0. The molecule has 6 nitrogen and oxygen atoms in total. The molecule has 170 valence electrons. The minimum Gasteiger partial charge on any atom is -0.494 e. The summed E-state index contributed by atoms with van der Waals surface area (Å²) in [6.07, 6.45) is 0.922. The molecule has 0 aliphatic carbocycles. The molecule has 0 amide bonds. The highest BCUT2D eigenvalue weighted by molar-refractivity contribution is 8.00. The van der Waals surface area contributed by atoms with Crippen molar-refractivity contribution in [3.05, 3.63) is 71.5 Å². The summed E-state index contributed by atoms with van der Waals surface area (Å²) < 4.78 is 7.63. The van der Waals surface area contributed by atoms with E-state index < -0.39 is 0 Å². The van der Waals surface area contributed by atoms with Crippen LogP contribution >= 0.6 is 11.8 Å². The van der Waals surface area contributed by atoms with Gasteiger partial charge < -0.3 is 9.30 Å². The first-order chi connectivity index (χ1) is 15.4. The van der Waals surface area contributed by atoms with E-state index in [4.69, 9.17) is 4.74 Å². The highest BCUT2D eigenvalue weighted by atomic mass is 32.2. The molecule has 3 rings (SSSR count). The van der Waals surface area contributed by atoms with E-state index in [0.717, 1.165) is 23.2 Å². The van der Waals surface area contributed by atoms with Crippen LogP contribution in [0.4, 0.5) is 0 Å². The van der Waals surface area contributed by atoms with Crippen molar-refractivity contribution in [3.63, 3.8) is 0 Å². The second kappa shape index (κ2) is 11.3. The fourth-order valence-corrected chi connectivity index (χ4v) is 4.59. The van der Waals surface area contributed by atoms with E-state index in [9.17, 15) is 4.79 Å². The highest BCUT2D eigenvalue weighted by Gasteiger charge is 2.25. The van der Waals surface area contributed by atoms with Crippen molar-refractivity contribution < 1.29 is 9.53 Å². The molecule has 0 aliphatic rings. The Morgan fingerprint density at radius 2 is 1.75 bits per heavy atom. The van der Waals surface area contributed by atoms with Crippen LogP contribution in [0.25, 0.3) is 0 Å². The van der Waals surface area contributed by atoms with Crippen LogP contribution in [0.2, 0.25) is 0 Å². The van der Waals surface area contributed by atoms with Gasteiger partial charge in [0.1, 0.15) is 5.75 Å². The lowest BCUT2D eigenvalue weighted by atomic mass is 10.1. The van der Waals surface area contributed by atoms with Gasteiger partial charge in [-0.05, 0) is 64.2 Å². The van der Waals surface area contributed by atoms with Gasteiger partial charge in [-0.3, -0.25) is 9.69 Å². The van der Waals surface area contributed by atoms with Gasteiger partial charge in [0.2, 0.25) is 0 Å². The number of aromatic nitrogens is 3. The second-order valence-electron chi connectivity index (χ2n) is 7.88. The average molecular weight is 453 g/mol. The van der Waals surface area contributed by atoms with E-state index in [-0.39, 0.29) is 17.1 Å². The van der Waals surface area contributed by atoms with Gasteiger partial charge in [0.15, 0.2) is 16.8 Å².